The predicted molar refractivity (Wildman–Crippen MR) is 92.0 cm³/mol. The second kappa shape index (κ2) is 5.88. The molecular weight excluding hydrogens is 288 g/mol. The number of aryl methyl sites for hydroxylation is 2. The SMILES string of the molecule is CC(=O)N(C(=O)c1cc(C)ccc1C)c1cccc2c1NCC2. The molecule has 2 amide bonds. The van der Waals surface area contributed by atoms with Crippen molar-refractivity contribution in [3.8, 4) is 0 Å². The van der Waals surface area contributed by atoms with Gasteiger partial charge in [0.25, 0.3) is 5.91 Å². The van der Waals surface area contributed by atoms with E-state index in [-0.39, 0.29) is 11.8 Å². The minimum atomic E-state index is -0.280. The highest BCUT2D eigenvalue weighted by atomic mass is 16.2. The molecule has 2 aromatic carbocycles. The Morgan fingerprint density at radius 2 is 1.91 bits per heavy atom. The van der Waals surface area contributed by atoms with E-state index in [0.717, 1.165) is 35.3 Å². The Bertz CT molecular complexity index is 796. The molecule has 0 saturated heterocycles. The molecule has 0 bridgehead atoms. The van der Waals surface area contributed by atoms with Crippen molar-refractivity contribution in [1.29, 1.82) is 0 Å². The maximum Gasteiger partial charge on any atom is 0.265 e. The van der Waals surface area contributed by atoms with Crippen molar-refractivity contribution in [3.63, 3.8) is 0 Å². The summed E-state index contributed by atoms with van der Waals surface area (Å²) in [5.41, 5.74) is 5.10. The maximum atomic E-state index is 13.0. The highest BCUT2D eigenvalue weighted by Gasteiger charge is 2.27. The van der Waals surface area contributed by atoms with Crippen LogP contribution in [0, 0.1) is 13.8 Å². The van der Waals surface area contributed by atoms with Gasteiger partial charge >= 0.3 is 0 Å². The number of amides is 2. The topological polar surface area (TPSA) is 49.4 Å². The van der Waals surface area contributed by atoms with E-state index in [0.29, 0.717) is 11.3 Å². The van der Waals surface area contributed by atoms with Gasteiger partial charge in [0.15, 0.2) is 0 Å². The molecule has 1 aliphatic rings. The van der Waals surface area contributed by atoms with Crippen LogP contribution in [-0.2, 0) is 11.2 Å². The summed E-state index contributed by atoms with van der Waals surface area (Å²) in [6, 6.07) is 11.5. The van der Waals surface area contributed by atoms with Gasteiger partial charge in [0.1, 0.15) is 0 Å². The summed E-state index contributed by atoms with van der Waals surface area (Å²) in [6.45, 7) is 6.09. The lowest BCUT2D eigenvalue weighted by Gasteiger charge is -2.23. The number of hydrogen-bond acceptors (Lipinski definition) is 3. The van der Waals surface area contributed by atoms with Crippen LogP contribution in [0.2, 0.25) is 0 Å². The number of fused-ring (bicyclic) bond motifs is 1. The summed E-state index contributed by atoms with van der Waals surface area (Å²) in [7, 11) is 0. The van der Waals surface area contributed by atoms with Gasteiger partial charge in [0, 0.05) is 19.0 Å². The van der Waals surface area contributed by atoms with Crippen LogP contribution in [0.15, 0.2) is 36.4 Å². The molecule has 2 aromatic rings. The number of rotatable bonds is 2. The van der Waals surface area contributed by atoms with Crippen LogP contribution < -0.4 is 10.2 Å². The van der Waals surface area contributed by atoms with Crippen LogP contribution >= 0.6 is 0 Å². The molecule has 3 rings (SSSR count). The Kier molecular flexibility index (Phi) is 3.90. The monoisotopic (exact) mass is 308 g/mol. The van der Waals surface area contributed by atoms with Gasteiger partial charge in [0.05, 0.1) is 11.4 Å². The first-order valence-electron chi connectivity index (χ1n) is 7.77. The van der Waals surface area contributed by atoms with Gasteiger partial charge in [-0.3, -0.25) is 9.59 Å². The lowest BCUT2D eigenvalue weighted by atomic mass is 10.0. The third kappa shape index (κ3) is 2.72. The molecule has 0 aliphatic carbocycles. The minimum Gasteiger partial charge on any atom is -0.383 e. The van der Waals surface area contributed by atoms with E-state index >= 15 is 0 Å². The Hall–Kier alpha value is -2.62. The summed E-state index contributed by atoms with van der Waals surface area (Å²) < 4.78 is 0. The zero-order chi connectivity index (χ0) is 16.6. The summed E-state index contributed by atoms with van der Waals surface area (Å²) in [5, 5.41) is 3.29. The minimum absolute atomic E-state index is 0.277. The molecule has 0 radical (unpaired) electrons. The number of nitrogens with one attached hydrogen (secondary N) is 1. The zero-order valence-corrected chi connectivity index (χ0v) is 13.6. The molecule has 0 fully saturated rings. The molecule has 1 aliphatic heterocycles. The van der Waals surface area contributed by atoms with Crippen molar-refractivity contribution in [2.75, 3.05) is 16.8 Å². The van der Waals surface area contributed by atoms with Crippen molar-refractivity contribution in [2.45, 2.75) is 27.2 Å². The number of hydrogen-bond donors (Lipinski definition) is 1. The van der Waals surface area contributed by atoms with Gasteiger partial charge in [-0.2, -0.15) is 0 Å². The van der Waals surface area contributed by atoms with Crippen molar-refractivity contribution in [1.82, 2.24) is 0 Å². The molecule has 0 unspecified atom stereocenters. The fraction of sp³-hybridized carbons (Fsp3) is 0.263. The first-order valence-corrected chi connectivity index (χ1v) is 7.77. The summed E-state index contributed by atoms with van der Waals surface area (Å²) in [6.07, 6.45) is 0.909. The molecule has 1 N–H and O–H groups in total. The number of anilines is 2. The fourth-order valence-electron chi connectivity index (χ4n) is 3.02. The lowest BCUT2D eigenvalue weighted by Crippen LogP contribution is -2.36. The van der Waals surface area contributed by atoms with E-state index in [1.54, 1.807) is 0 Å². The Morgan fingerprint density at radius 3 is 2.65 bits per heavy atom. The molecular formula is C19H20N2O2. The van der Waals surface area contributed by atoms with Crippen LogP contribution in [0.5, 0.6) is 0 Å². The number of nitrogens with zero attached hydrogens (tertiary/aromatic N) is 1. The fourth-order valence-corrected chi connectivity index (χ4v) is 3.02. The number of carbonyl (C=O) groups excluding carboxylic acids is 2. The second-order valence-electron chi connectivity index (χ2n) is 5.97. The smallest absolute Gasteiger partial charge is 0.265 e. The predicted octanol–water partition coefficient (Wildman–Crippen LogP) is 3.46. The van der Waals surface area contributed by atoms with E-state index in [1.807, 2.05) is 50.2 Å². The Balaban J connectivity index is 2.10. The van der Waals surface area contributed by atoms with E-state index < -0.39 is 0 Å². The van der Waals surface area contributed by atoms with E-state index in [4.69, 9.17) is 0 Å². The average molecular weight is 308 g/mol. The van der Waals surface area contributed by atoms with Crippen molar-refractivity contribution in [2.24, 2.45) is 0 Å². The molecule has 0 aromatic heterocycles. The summed E-state index contributed by atoms with van der Waals surface area (Å²) >= 11 is 0. The first kappa shape index (κ1) is 15.3. The largest absolute Gasteiger partial charge is 0.383 e. The highest BCUT2D eigenvalue weighted by molar-refractivity contribution is 6.22. The Labute approximate surface area is 136 Å². The molecule has 23 heavy (non-hydrogen) atoms. The van der Waals surface area contributed by atoms with Crippen LogP contribution in [-0.4, -0.2) is 18.4 Å². The third-order valence-corrected chi connectivity index (χ3v) is 4.21. The normalized spacial score (nSPS) is 12.5. The summed E-state index contributed by atoms with van der Waals surface area (Å²) in [5.74, 6) is -0.557. The van der Waals surface area contributed by atoms with Gasteiger partial charge in [-0.25, -0.2) is 4.90 Å². The van der Waals surface area contributed by atoms with E-state index in [1.165, 1.54) is 11.8 Å². The maximum absolute atomic E-state index is 13.0. The van der Waals surface area contributed by atoms with Crippen molar-refractivity contribution < 1.29 is 9.59 Å². The molecule has 0 saturated carbocycles. The van der Waals surface area contributed by atoms with Crippen LogP contribution in [0.4, 0.5) is 11.4 Å². The molecule has 4 heteroatoms. The van der Waals surface area contributed by atoms with Gasteiger partial charge in [-0.05, 0) is 43.5 Å². The first-order chi connectivity index (χ1) is 11.0. The van der Waals surface area contributed by atoms with Crippen LogP contribution in [0.3, 0.4) is 0 Å². The standard InChI is InChI=1S/C19H20N2O2/c1-12-7-8-13(2)16(11-12)19(23)21(14(3)22)17-6-4-5-15-9-10-20-18(15)17/h4-8,11,20H,9-10H2,1-3H3. The van der Waals surface area contributed by atoms with Crippen molar-refractivity contribution in [3.05, 3.63) is 58.7 Å². The quantitative estimate of drug-likeness (QED) is 0.924. The molecule has 4 nitrogen and oxygen atoms in total. The number of carbonyl (C=O) groups is 2. The van der Waals surface area contributed by atoms with Crippen LogP contribution in [0.25, 0.3) is 0 Å². The zero-order valence-electron chi connectivity index (χ0n) is 13.6. The molecule has 1 heterocycles. The van der Waals surface area contributed by atoms with E-state index in [2.05, 4.69) is 5.32 Å². The average Bonchev–Trinajstić information content (AvgIpc) is 2.99. The third-order valence-electron chi connectivity index (χ3n) is 4.21. The highest BCUT2D eigenvalue weighted by Crippen LogP contribution is 2.34. The molecule has 118 valence electrons. The number of para-hydroxylation sites is 1. The molecule has 0 spiro atoms. The van der Waals surface area contributed by atoms with Gasteiger partial charge in [-0.15, -0.1) is 0 Å². The van der Waals surface area contributed by atoms with Gasteiger partial charge in [0.2, 0.25) is 5.91 Å². The number of imide groups is 1. The van der Waals surface area contributed by atoms with E-state index in [9.17, 15) is 9.59 Å². The van der Waals surface area contributed by atoms with Crippen LogP contribution in [0.1, 0.15) is 34.0 Å². The lowest BCUT2D eigenvalue weighted by molar-refractivity contribution is -0.115. The second-order valence-corrected chi connectivity index (χ2v) is 5.97. The Morgan fingerprint density at radius 1 is 1.13 bits per heavy atom. The number of benzene rings is 2. The van der Waals surface area contributed by atoms with Gasteiger partial charge < -0.3 is 5.32 Å². The van der Waals surface area contributed by atoms with Gasteiger partial charge in [-0.1, -0.05) is 29.8 Å². The van der Waals surface area contributed by atoms with Crippen molar-refractivity contribution >= 4 is 23.2 Å². The summed E-state index contributed by atoms with van der Waals surface area (Å²) in [4.78, 5) is 26.5. The molecule has 0 atom stereocenters.